The summed E-state index contributed by atoms with van der Waals surface area (Å²) in [7, 11) is 3.05. The highest BCUT2D eigenvalue weighted by atomic mass is 16.5. The lowest BCUT2D eigenvalue weighted by molar-refractivity contribution is -0.0497. The van der Waals surface area contributed by atoms with Crippen LogP contribution in [0.4, 0.5) is 0 Å². The highest BCUT2D eigenvalue weighted by molar-refractivity contribution is 6.02. The second-order valence-electron chi connectivity index (χ2n) is 8.78. The van der Waals surface area contributed by atoms with E-state index in [0.717, 1.165) is 16.7 Å². The molecule has 0 aromatic heterocycles. The number of methoxy groups -OCH3 is 2. The Morgan fingerprint density at radius 3 is 1.86 bits per heavy atom. The fourth-order valence-corrected chi connectivity index (χ4v) is 4.35. The maximum absolute atomic E-state index is 14.0. The molecule has 37 heavy (non-hydrogen) atoms. The van der Waals surface area contributed by atoms with Crippen molar-refractivity contribution >= 4 is 5.78 Å². The zero-order chi connectivity index (χ0) is 26.0. The van der Waals surface area contributed by atoms with Gasteiger partial charge in [0.05, 0.1) is 25.9 Å². The van der Waals surface area contributed by atoms with Crippen LogP contribution in [0.3, 0.4) is 0 Å². The average molecular weight is 497 g/mol. The minimum atomic E-state index is -1.14. The topological polar surface area (TPSA) is 65.0 Å². The molecule has 0 aliphatic carbocycles. The van der Waals surface area contributed by atoms with Crippen LogP contribution < -0.4 is 9.47 Å². The number of carbonyl (C=O) groups excluding carboxylic acids is 1. The van der Waals surface area contributed by atoms with E-state index in [4.69, 9.17) is 14.2 Å². The molecule has 5 nitrogen and oxygen atoms in total. The first-order chi connectivity index (χ1) is 18.1. The molecule has 0 spiro atoms. The fraction of sp³-hybridized carbons (Fsp3) is 0.219. The van der Waals surface area contributed by atoms with Crippen molar-refractivity contribution in [3.05, 3.63) is 131 Å². The lowest BCUT2D eigenvalue weighted by Gasteiger charge is -2.29. The standard InChI is InChI=1S/C32H32O5/c1-35-26-19-21-29(36-2)27(22-26)30(34)32(28(33)20-18-23-12-6-3-7-13-23)37-31(24-14-8-4-9-15-24)25-16-10-5-11-17-25/h3-17,19,21-22,28,31-33H,18,20H2,1-2H3/t28-,32+/m1/s1. The summed E-state index contributed by atoms with van der Waals surface area (Å²) in [4.78, 5) is 14.0. The molecular formula is C32H32O5. The van der Waals surface area contributed by atoms with Crippen LogP contribution in [0.2, 0.25) is 0 Å². The number of ether oxygens (including phenoxy) is 3. The molecule has 0 heterocycles. The van der Waals surface area contributed by atoms with E-state index in [9.17, 15) is 9.90 Å². The van der Waals surface area contributed by atoms with E-state index < -0.39 is 18.3 Å². The Bertz CT molecular complexity index is 1220. The number of rotatable bonds is 12. The molecule has 0 amide bonds. The van der Waals surface area contributed by atoms with Gasteiger partial charge in [0.2, 0.25) is 0 Å². The van der Waals surface area contributed by atoms with E-state index in [2.05, 4.69) is 0 Å². The molecule has 4 rings (SSSR count). The summed E-state index contributed by atoms with van der Waals surface area (Å²) in [6.45, 7) is 0. The first kappa shape index (κ1) is 26.1. The Morgan fingerprint density at radius 1 is 0.757 bits per heavy atom. The number of hydrogen-bond acceptors (Lipinski definition) is 5. The lowest BCUT2D eigenvalue weighted by atomic mass is 9.95. The van der Waals surface area contributed by atoms with Gasteiger partial charge in [-0.3, -0.25) is 4.79 Å². The number of benzene rings is 4. The summed E-state index contributed by atoms with van der Waals surface area (Å²) in [5.74, 6) is 0.545. The summed E-state index contributed by atoms with van der Waals surface area (Å²) in [6.07, 6.45) is -1.80. The van der Waals surface area contributed by atoms with Gasteiger partial charge in [-0.25, -0.2) is 0 Å². The SMILES string of the molecule is COc1ccc(OC)c(C(=O)[C@@H](OC(c2ccccc2)c2ccccc2)[C@H](O)CCc2ccccc2)c1. The number of hydrogen-bond donors (Lipinski definition) is 1. The van der Waals surface area contributed by atoms with Gasteiger partial charge < -0.3 is 19.3 Å². The van der Waals surface area contributed by atoms with Gasteiger partial charge in [0.15, 0.2) is 5.78 Å². The van der Waals surface area contributed by atoms with E-state index in [1.54, 1.807) is 25.3 Å². The second-order valence-corrected chi connectivity index (χ2v) is 8.78. The maximum atomic E-state index is 14.0. The van der Waals surface area contributed by atoms with Crippen LogP contribution in [-0.4, -0.2) is 37.3 Å². The first-order valence-electron chi connectivity index (χ1n) is 12.3. The molecule has 0 saturated carbocycles. The summed E-state index contributed by atoms with van der Waals surface area (Å²) in [5, 5.41) is 11.4. The normalized spacial score (nSPS) is 12.6. The minimum Gasteiger partial charge on any atom is -0.497 e. The third-order valence-corrected chi connectivity index (χ3v) is 6.34. The molecule has 0 saturated heterocycles. The number of Topliss-reactive ketones (excluding diaryl/α,β-unsaturated/α-hetero) is 1. The monoisotopic (exact) mass is 496 g/mol. The van der Waals surface area contributed by atoms with E-state index in [0.29, 0.717) is 29.9 Å². The Labute approximate surface area is 218 Å². The van der Waals surface area contributed by atoms with Crippen molar-refractivity contribution in [3.8, 4) is 11.5 Å². The Hall–Kier alpha value is -3.93. The van der Waals surface area contributed by atoms with Gasteiger partial charge in [-0.05, 0) is 47.7 Å². The Kier molecular flexibility index (Phi) is 9.08. The molecule has 4 aromatic carbocycles. The molecule has 0 bridgehead atoms. The number of carbonyl (C=O) groups is 1. The van der Waals surface area contributed by atoms with Crippen molar-refractivity contribution in [2.24, 2.45) is 0 Å². The van der Waals surface area contributed by atoms with E-state index in [1.807, 2.05) is 91.0 Å². The summed E-state index contributed by atoms with van der Waals surface area (Å²) < 4.78 is 17.4. The molecule has 0 aliphatic heterocycles. The zero-order valence-corrected chi connectivity index (χ0v) is 21.1. The summed E-state index contributed by atoms with van der Waals surface area (Å²) in [5.41, 5.74) is 3.15. The Morgan fingerprint density at radius 2 is 1.32 bits per heavy atom. The van der Waals surface area contributed by atoms with Crippen LogP contribution in [0.1, 0.15) is 39.6 Å². The fourth-order valence-electron chi connectivity index (χ4n) is 4.35. The van der Waals surface area contributed by atoms with E-state index >= 15 is 0 Å². The van der Waals surface area contributed by atoms with Crippen LogP contribution in [-0.2, 0) is 11.2 Å². The van der Waals surface area contributed by atoms with Crippen molar-refractivity contribution in [2.45, 2.75) is 31.2 Å². The van der Waals surface area contributed by atoms with Crippen molar-refractivity contribution < 1.29 is 24.1 Å². The molecule has 0 unspecified atom stereocenters. The van der Waals surface area contributed by atoms with Crippen molar-refractivity contribution in [2.75, 3.05) is 14.2 Å². The summed E-state index contributed by atoms with van der Waals surface area (Å²) >= 11 is 0. The molecule has 0 radical (unpaired) electrons. The maximum Gasteiger partial charge on any atom is 0.198 e. The molecule has 5 heteroatoms. The van der Waals surface area contributed by atoms with Gasteiger partial charge in [0, 0.05) is 0 Å². The van der Waals surface area contributed by atoms with Crippen molar-refractivity contribution in [1.82, 2.24) is 0 Å². The van der Waals surface area contributed by atoms with Crippen LogP contribution in [0.25, 0.3) is 0 Å². The average Bonchev–Trinajstić information content (AvgIpc) is 2.97. The predicted octanol–water partition coefficient (Wildman–Crippen LogP) is 6.06. The number of aryl methyl sites for hydroxylation is 1. The van der Waals surface area contributed by atoms with Gasteiger partial charge in [0.25, 0.3) is 0 Å². The van der Waals surface area contributed by atoms with Gasteiger partial charge >= 0.3 is 0 Å². The van der Waals surface area contributed by atoms with Crippen LogP contribution >= 0.6 is 0 Å². The van der Waals surface area contributed by atoms with Crippen LogP contribution in [0.15, 0.2) is 109 Å². The zero-order valence-electron chi connectivity index (χ0n) is 21.1. The molecular weight excluding hydrogens is 464 g/mol. The van der Waals surface area contributed by atoms with Gasteiger partial charge in [-0.1, -0.05) is 91.0 Å². The van der Waals surface area contributed by atoms with Gasteiger partial charge in [-0.2, -0.15) is 0 Å². The first-order valence-corrected chi connectivity index (χ1v) is 12.3. The van der Waals surface area contributed by atoms with Crippen LogP contribution in [0.5, 0.6) is 11.5 Å². The van der Waals surface area contributed by atoms with Gasteiger partial charge in [-0.15, -0.1) is 0 Å². The molecule has 0 aliphatic rings. The van der Waals surface area contributed by atoms with E-state index in [1.165, 1.54) is 7.11 Å². The van der Waals surface area contributed by atoms with Crippen molar-refractivity contribution in [3.63, 3.8) is 0 Å². The largest absolute Gasteiger partial charge is 0.497 e. The molecule has 0 fully saturated rings. The smallest absolute Gasteiger partial charge is 0.198 e. The number of ketones is 1. The highest BCUT2D eigenvalue weighted by Gasteiger charge is 2.34. The Balaban J connectivity index is 1.71. The minimum absolute atomic E-state index is 0.297. The number of aliphatic hydroxyl groups is 1. The lowest BCUT2D eigenvalue weighted by Crippen LogP contribution is -2.38. The molecule has 4 aromatic rings. The van der Waals surface area contributed by atoms with E-state index in [-0.39, 0.29) is 5.78 Å². The molecule has 2 atom stereocenters. The van der Waals surface area contributed by atoms with Crippen LogP contribution in [0, 0.1) is 0 Å². The summed E-state index contributed by atoms with van der Waals surface area (Å²) in [6, 6.07) is 34.4. The highest BCUT2D eigenvalue weighted by Crippen LogP contribution is 2.32. The third-order valence-electron chi connectivity index (χ3n) is 6.34. The predicted molar refractivity (Wildman–Crippen MR) is 144 cm³/mol. The van der Waals surface area contributed by atoms with Gasteiger partial charge in [0.1, 0.15) is 23.7 Å². The number of aliphatic hydroxyl groups excluding tert-OH is 1. The van der Waals surface area contributed by atoms with Crippen molar-refractivity contribution in [1.29, 1.82) is 0 Å². The quantitative estimate of drug-likeness (QED) is 0.242. The molecule has 1 N–H and O–H groups in total. The third kappa shape index (κ3) is 6.64. The second kappa shape index (κ2) is 12.9. The molecule has 190 valence electrons.